The lowest BCUT2D eigenvalue weighted by atomic mass is 9.98. The van der Waals surface area contributed by atoms with Crippen LogP contribution < -0.4 is 0 Å². The zero-order chi connectivity index (χ0) is 23.5. The molecule has 0 saturated carbocycles. The number of benzene rings is 3. The highest BCUT2D eigenvalue weighted by atomic mass is 19.1. The van der Waals surface area contributed by atoms with Crippen LogP contribution in [0.1, 0.15) is 47.6 Å². The van der Waals surface area contributed by atoms with Gasteiger partial charge in [0.25, 0.3) is 0 Å². The number of fused-ring (bicyclic) bond motifs is 3. The van der Waals surface area contributed by atoms with Gasteiger partial charge in [0.2, 0.25) is 0 Å². The minimum atomic E-state index is -1.47. The summed E-state index contributed by atoms with van der Waals surface area (Å²) in [5.74, 6) is -2.12. The zero-order valence-electron chi connectivity index (χ0n) is 18.6. The first-order valence-corrected chi connectivity index (χ1v) is 11.0. The number of hydrogen-bond acceptors (Lipinski definition) is 3. The Balaban J connectivity index is 1.61. The van der Waals surface area contributed by atoms with Crippen LogP contribution in [0.15, 0.2) is 66.7 Å². The maximum atomic E-state index is 14.6. The van der Waals surface area contributed by atoms with E-state index in [0.717, 1.165) is 27.2 Å². The molecule has 0 saturated heterocycles. The van der Waals surface area contributed by atoms with E-state index >= 15 is 0 Å². The first-order valence-electron chi connectivity index (χ1n) is 11.0. The lowest BCUT2D eigenvalue weighted by Gasteiger charge is -2.29. The van der Waals surface area contributed by atoms with Gasteiger partial charge in [0.15, 0.2) is 6.04 Å². The van der Waals surface area contributed by atoms with Gasteiger partial charge in [0, 0.05) is 18.0 Å². The first kappa shape index (κ1) is 22.5. The number of rotatable bonds is 7. The van der Waals surface area contributed by atoms with Crippen LogP contribution in [0.2, 0.25) is 0 Å². The van der Waals surface area contributed by atoms with Gasteiger partial charge in [-0.25, -0.2) is 14.0 Å². The van der Waals surface area contributed by atoms with Crippen molar-refractivity contribution in [2.75, 3.05) is 13.2 Å². The monoisotopic (exact) mass is 447 g/mol. The second kappa shape index (κ2) is 9.45. The van der Waals surface area contributed by atoms with E-state index < -0.39 is 23.9 Å². The van der Waals surface area contributed by atoms with Crippen molar-refractivity contribution in [1.82, 2.24) is 4.90 Å². The molecule has 0 aromatic heterocycles. The molecule has 5 nitrogen and oxygen atoms in total. The summed E-state index contributed by atoms with van der Waals surface area (Å²) in [5.41, 5.74) is 4.99. The Hall–Kier alpha value is -3.67. The molecule has 3 aromatic rings. The fourth-order valence-electron chi connectivity index (χ4n) is 4.55. The third-order valence-electron chi connectivity index (χ3n) is 6.03. The molecule has 170 valence electrons. The molecule has 1 aliphatic rings. The molecule has 1 unspecified atom stereocenters. The summed E-state index contributed by atoms with van der Waals surface area (Å²) >= 11 is 0. The van der Waals surface area contributed by atoms with Crippen molar-refractivity contribution in [2.45, 2.75) is 32.2 Å². The Morgan fingerprint density at radius 2 is 1.64 bits per heavy atom. The summed E-state index contributed by atoms with van der Waals surface area (Å²) in [6.07, 6.45) is -0.270. The standard InChI is InChI=1S/C27H26FNO4/c1-3-14-29(25(26(30)31)22-15-17(2)12-13-24(22)28)27(32)33-16-23-20-10-6-4-8-18(20)19-9-5-7-11-21(19)23/h4-13,15,23,25H,3,14,16H2,1-2H3,(H,30,31). The van der Waals surface area contributed by atoms with Crippen LogP contribution in [-0.2, 0) is 9.53 Å². The third kappa shape index (κ3) is 4.33. The van der Waals surface area contributed by atoms with Gasteiger partial charge >= 0.3 is 12.1 Å². The normalized spacial score (nSPS) is 13.2. The average Bonchev–Trinajstić information content (AvgIpc) is 3.13. The average molecular weight is 448 g/mol. The predicted octanol–water partition coefficient (Wildman–Crippen LogP) is 5.92. The van der Waals surface area contributed by atoms with Crippen LogP contribution in [0.3, 0.4) is 0 Å². The molecular weight excluding hydrogens is 421 g/mol. The second-order valence-electron chi connectivity index (χ2n) is 8.26. The fourth-order valence-corrected chi connectivity index (χ4v) is 4.55. The number of amides is 1. The molecule has 1 atom stereocenters. The van der Waals surface area contributed by atoms with E-state index in [0.29, 0.717) is 12.0 Å². The maximum Gasteiger partial charge on any atom is 0.410 e. The van der Waals surface area contributed by atoms with Gasteiger partial charge < -0.3 is 9.84 Å². The Kier molecular flexibility index (Phi) is 6.45. The molecule has 1 N–H and O–H groups in total. The summed E-state index contributed by atoms with van der Waals surface area (Å²) in [6, 6.07) is 18.7. The van der Waals surface area contributed by atoms with Gasteiger partial charge in [-0.05, 0) is 41.7 Å². The molecule has 3 aromatic carbocycles. The Morgan fingerprint density at radius 1 is 1.03 bits per heavy atom. The molecule has 0 aliphatic heterocycles. The number of carboxylic acid groups (broad SMARTS) is 1. The SMILES string of the molecule is CCCN(C(=O)OCC1c2ccccc2-c2ccccc21)C(C(=O)O)c1cc(C)ccc1F. The predicted molar refractivity (Wildman–Crippen MR) is 124 cm³/mol. The number of aliphatic carboxylic acids is 1. The number of nitrogens with zero attached hydrogens (tertiary/aromatic N) is 1. The minimum Gasteiger partial charge on any atom is -0.479 e. The number of aryl methyl sites for hydroxylation is 1. The van der Waals surface area contributed by atoms with Crippen molar-refractivity contribution in [2.24, 2.45) is 0 Å². The second-order valence-corrected chi connectivity index (χ2v) is 8.26. The fraction of sp³-hybridized carbons (Fsp3) is 0.259. The highest BCUT2D eigenvalue weighted by molar-refractivity contribution is 5.82. The molecule has 0 heterocycles. The van der Waals surface area contributed by atoms with E-state index in [-0.39, 0.29) is 24.6 Å². The van der Waals surface area contributed by atoms with Crippen molar-refractivity contribution >= 4 is 12.1 Å². The molecule has 4 rings (SSSR count). The van der Waals surface area contributed by atoms with Gasteiger partial charge in [0.1, 0.15) is 12.4 Å². The van der Waals surface area contributed by atoms with Crippen LogP contribution >= 0.6 is 0 Å². The minimum absolute atomic E-state index is 0.0514. The van der Waals surface area contributed by atoms with E-state index in [9.17, 15) is 19.1 Å². The zero-order valence-corrected chi connectivity index (χ0v) is 18.6. The van der Waals surface area contributed by atoms with Crippen molar-refractivity contribution < 1.29 is 23.8 Å². The Labute approximate surface area is 192 Å². The molecule has 1 amide bonds. The summed E-state index contributed by atoms with van der Waals surface area (Å²) in [7, 11) is 0. The molecule has 0 bridgehead atoms. The van der Waals surface area contributed by atoms with Gasteiger partial charge in [-0.1, -0.05) is 73.2 Å². The van der Waals surface area contributed by atoms with Crippen molar-refractivity contribution in [3.8, 4) is 11.1 Å². The van der Waals surface area contributed by atoms with Gasteiger partial charge in [-0.3, -0.25) is 4.90 Å². The third-order valence-corrected chi connectivity index (χ3v) is 6.03. The highest BCUT2D eigenvalue weighted by Gasteiger charge is 2.35. The summed E-state index contributed by atoms with van der Waals surface area (Å²) in [4.78, 5) is 26.4. The van der Waals surface area contributed by atoms with Crippen LogP contribution in [-0.4, -0.2) is 35.2 Å². The number of ether oxygens (including phenoxy) is 1. The van der Waals surface area contributed by atoms with Crippen LogP contribution in [0.4, 0.5) is 9.18 Å². The molecule has 0 fully saturated rings. The number of carbonyl (C=O) groups is 2. The lowest BCUT2D eigenvalue weighted by molar-refractivity contribution is -0.143. The molecule has 0 radical (unpaired) electrons. The van der Waals surface area contributed by atoms with E-state index in [2.05, 4.69) is 0 Å². The van der Waals surface area contributed by atoms with Crippen LogP contribution in [0.25, 0.3) is 11.1 Å². The molecule has 33 heavy (non-hydrogen) atoms. The van der Waals surface area contributed by atoms with Gasteiger partial charge in [-0.2, -0.15) is 0 Å². The number of carboxylic acids is 1. The van der Waals surface area contributed by atoms with Gasteiger partial charge in [0.05, 0.1) is 0 Å². The summed E-state index contributed by atoms with van der Waals surface area (Å²) < 4.78 is 20.2. The highest BCUT2D eigenvalue weighted by Crippen LogP contribution is 2.44. The quantitative estimate of drug-likeness (QED) is 0.488. The van der Waals surface area contributed by atoms with E-state index in [1.807, 2.05) is 55.5 Å². The van der Waals surface area contributed by atoms with Crippen molar-refractivity contribution in [1.29, 1.82) is 0 Å². The largest absolute Gasteiger partial charge is 0.479 e. The van der Waals surface area contributed by atoms with E-state index in [1.54, 1.807) is 13.0 Å². The Bertz CT molecular complexity index is 1150. The number of carbonyl (C=O) groups excluding carboxylic acids is 1. The summed E-state index contributed by atoms with van der Waals surface area (Å²) in [6.45, 7) is 3.77. The first-order chi connectivity index (χ1) is 15.9. The molecule has 6 heteroatoms. The lowest BCUT2D eigenvalue weighted by Crippen LogP contribution is -2.40. The molecule has 1 aliphatic carbocycles. The topological polar surface area (TPSA) is 66.8 Å². The number of hydrogen-bond donors (Lipinski definition) is 1. The van der Waals surface area contributed by atoms with Crippen LogP contribution in [0, 0.1) is 12.7 Å². The van der Waals surface area contributed by atoms with Crippen LogP contribution in [0.5, 0.6) is 0 Å². The van der Waals surface area contributed by atoms with E-state index in [1.165, 1.54) is 12.1 Å². The summed E-state index contributed by atoms with van der Waals surface area (Å²) in [5, 5.41) is 9.91. The Morgan fingerprint density at radius 3 is 2.21 bits per heavy atom. The van der Waals surface area contributed by atoms with Crippen molar-refractivity contribution in [3.63, 3.8) is 0 Å². The van der Waals surface area contributed by atoms with Gasteiger partial charge in [-0.15, -0.1) is 0 Å². The number of halogens is 1. The van der Waals surface area contributed by atoms with E-state index in [4.69, 9.17) is 4.74 Å². The maximum absolute atomic E-state index is 14.6. The molecule has 0 spiro atoms. The smallest absolute Gasteiger partial charge is 0.410 e. The van der Waals surface area contributed by atoms with Crippen molar-refractivity contribution in [3.05, 3.63) is 94.8 Å². The molecular formula is C27H26FNO4.